The van der Waals surface area contributed by atoms with E-state index >= 15 is 0 Å². The van der Waals surface area contributed by atoms with Gasteiger partial charge in [0.15, 0.2) is 0 Å². The summed E-state index contributed by atoms with van der Waals surface area (Å²) in [6.45, 7) is 3.62. The Morgan fingerprint density at radius 2 is 1.86 bits per heavy atom. The molecule has 11 heteroatoms. The zero-order valence-electron chi connectivity index (χ0n) is 18.8. The van der Waals surface area contributed by atoms with Crippen molar-refractivity contribution >= 4 is 35.5 Å². The zero-order valence-corrected chi connectivity index (χ0v) is 19.7. The summed E-state index contributed by atoms with van der Waals surface area (Å²) in [7, 11) is 0. The van der Waals surface area contributed by atoms with Crippen molar-refractivity contribution in [1.29, 1.82) is 0 Å². The third kappa shape index (κ3) is 3.80. The summed E-state index contributed by atoms with van der Waals surface area (Å²) in [4.78, 5) is 52.3. The molecule has 0 radical (unpaired) electrons. The van der Waals surface area contributed by atoms with Crippen molar-refractivity contribution in [3.05, 3.63) is 65.2 Å². The topological polar surface area (TPSA) is 148 Å². The van der Waals surface area contributed by atoms with Crippen LogP contribution in [-0.4, -0.2) is 56.0 Å². The molecule has 2 aromatic carbocycles. The van der Waals surface area contributed by atoms with Gasteiger partial charge in [0.05, 0.1) is 5.56 Å². The second-order valence-corrected chi connectivity index (χ2v) is 10.8. The number of hydrogen-bond acceptors (Lipinski definition) is 9. The number of β-lactam (4-membered cyclic amide) rings is 1. The van der Waals surface area contributed by atoms with E-state index in [2.05, 4.69) is 5.32 Å². The highest BCUT2D eigenvalue weighted by atomic mass is 32.2. The highest BCUT2D eigenvalue weighted by molar-refractivity contribution is 8.01. The second-order valence-electron chi connectivity index (χ2n) is 9.08. The number of phenolic OH excluding ortho intramolecular Hbond substituents is 1. The minimum absolute atomic E-state index is 0.0459. The molecule has 0 aliphatic carbocycles. The standard InChI is InChI=1S/C24H23N3O7S/c1-24(2)17(22(32)34-23-14-6-4-3-5-13(14)21(31)33-23)27-19(30)16(20(27)35-24)26-18(29)15(25)11-7-9-12(28)10-8-11/h3-10,15-17,20,23,28H,25H2,1-2H3,(H,26,29)/t15?,16?,17-,20+,23?/m0/s1. The fourth-order valence-corrected chi connectivity index (χ4v) is 6.19. The van der Waals surface area contributed by atoms with Crippen molar-refractivity contribution in [2.24, 2.45) is 5.73 Å². The molecule has 3 heterocycles. The first-order valence-electron chi connectivity index (χ1n) is 10.9. The van der Waals surface area contributed by atoms with E-state index < -0.39 is 58.3 Å². The quantitative estimate of drug-likeness (QED) is 0.411. The van der Waals surface area contributed by atoms with Gasteiger partial charge in [-0.05, 0) is 37.6 Å². The lowest BCUT2D eigenvalue weighted by molar-refractivity contribution is -0.180. The molecule has 0 bridgehead atoms. The molecule has 2 amide bonds. The highest BCUT2D eigenvalue weighted by Crippen LogP contribution is 2.51. The average Bonchev–Trinajstić information content (AvgIpc) is 3.28. The van der Waals surface area contributed by atoms with Crippen molar-refractivity contribution in [2.75, 3.05) is 0 Å². The Balaban J connectivity index is 1.28. The van der Waals surface area contributed by atoms with Gasteiger partial charge < -0.3 is 30.5 Å². The fraction of sp³-hybridized carbons (Fsp3) is 0.333. The maximum absolute atomic E-state index is 13.2. The van der Waals surface area contributed by atoms with Crippen LogP contribution < -0.4 is 11.1 Å². The van der Waals surface area contributed by atoms with Crippen LogP contribution in [-0.2, 0) is 23.9 Å². The van der Waals surface area contributed by atoms with E-state index in [-0.39, 0.29) is 5.75 Å². The number of esters is 2. The third-order valence-corrected chi connectivity index (χ3v) is 7.94. The molecule has 2 fully saturated rings. The van der Waals surface area contributed by atoms with Crippen LogP contribution in [0.25, 0.3) is 0 Å². The molecule has 0 saturated carbocycles. The Kier molecular flexibility index (Phi) is 5.48. The van der Waals surface area contributed by atoms with Crippen LogP contribution in [0.2, 0.25) is 0 Å². The normalized spacial score (nSPS) is 26.8. The molecule has 182 valence electrons. The van der Waals surface area contributed by atoms with Crippen LogP contribution in [0.15, 0.2) is 48.5 Å². The maximum atomic E-state index is 13.2. The van der Waals surface area contributed by atoms with Crippen molar-refractivity contribution < 1.29 is 33.8 Å². The summed E-state index contributed by atoms with van der Waals surface area (Å²) in [5, 5.41) is 11.6. The predicted octanol–water partition coefficient (Wildman–Crippen LogP) is 1.35. The van der Waals surface area contributed by atoms with Crippen LogP contribution >= 0.6 is 11.8 Å². The van der Waals surface area contributed by atoms with Gasteiger partial charge in [0.2, 0.25) is 11.8 Å². The molecular formula is C24H23N3O7S. The minimum Gasteiger partial charge on any atom is -0.508 e. The van der Waals surface area contributed by atoms with Gasteiger partial charge in [0.25, 0.3) is 6.29 Å². The van der Waals surface area contributed by atoms with Gasteiger partial charge in [-0.15, -0.1) is 11.8 Å². The second kappa shape index (κ2) is 8.28. The molecule has 5 atom stereocenters. The maximum Gasteiger partial charge on any atom is 0.342 e. The van der Waals surface area contributed by atoms with Crippen LogP contribution in [0.3, 0.4) is 0 Å². The number of nitrogens with one attached hydrogen (secondary N) is 1. The van der Waals surface area contributed by atoms with E-state index in [1.807, 2.05) is 13.8 Å². The number of nitrogens with zero attached hydrogens (tertiary/aromatic N) is 1. The molecular weight excluding hydrogens is 474 g/mol. The van der Waals surface area contributed by atoms with Crippen LogP contribution in [0.5, 0.6) is 5.75 Å². The number of nitrogens with two attached hydrogens (primary N) is 1. The molecule has 3 aliphatic heterocycles. The number of thioether (sulfide) groups is 1. The zero-order chi connectivity index (χ0) is 25.1. The lowest BCUT2D eigenvalue weighted by Crippen LogP contribution is -2.71. The van der Waals surface area contributed by atoms with Crippen LogP contribution in [0, 0.1) is 0 Å². The number of aromatic hydroxyl groups is 1. The van der Waals surface area contributed by atoms with Crippen LogP contribution in [0.4, 0.5) is 0 Å². The highest BCUT2D eigenvalue weighted by Gasteiger charge is 2.65. The molecule has 2 aromatic rings. The van der Waals surface area contributed by atoms with Gasteiger partial charge in [-0.3, -0.25) is 9.59 Å². The summed E-state index contributed by atoms with van der Waals surface area (Å²) in [6.07, 6.45) is -1.18. The Bertz CT molecular complexity index is 1230. The van der Waals surface area contributed by atoms with E-state index in [1.165, 1.54) is 40.9 Å². The average molecular weight is 498 g/mol. The third-order valence-electron chi connectivity index (χ3n) is 6.37. The molecule has 5 rings (SSSR count). The molecule has 4 N–H and O–H groups in total. The van der Waals surface area contributed by atoms with Gasteiger partial charge in [-0.2, -0.15) is 0 Å². The van der Waals surface area contributed by atoms with E-state index in [9.17, 15) is 24.3 Å². The molecule has 0 spiro atoms. The number of phenols is 1. The number of benzene rings is 2. The van der Waals surface area contributed by atoms with E-state index in [4.69, 9.17) is 15.2 Å². The first-order valence-corrected chi connectivity index (χ1v) is 11.8. The van der Waals surface area contributed by atoms with Gasteiger partial charge in [-0.1, -0.05) is 30.3 Å². The molecule has 3 aliphatic rings. The van der Waals surface area contributed by atoms with Gasteiger partial charge in [0.1, 0.15) is 29.2 Å². The largest absolute Gasteiger partial charge is 0.508 e. The predicted molar refractivity (Wildman–Crippen MR) is 124 cm³/mol. The number of rotatable bonds is 5. The van der Waals surface area contributed by atoms with Crippen LogP contribution in [0.1, 0.15) is 47.7 Å². The number of cyclic esters (lactones) is 1. The number of carbonyl (C=O) groups excluding carboxylic acids is 4. The van der Waals surface area contributed by atoms with Gasteiger partial charge in [-0.25, -0.2) is 9.59 Å². The summed E-state index contributed by atoms with van der Waals surface area (Å²) in [5.74, 6) is -2.20. The smallest absolute Gasteiger partial charge is 0.342 e. The first-order chi connectivity index (χ1) is 16.6. The first kappa shape index (κ1) is 23.2. The minimum atomic E-state index is -1.18. The monoisotopic (exact) mass is 497 g/mol. The fourth-order valence-electron chi connectivity index (χ4n) is 4.57. The van der Waals surface area contributed by atoms with Crippen molar-refractivity contribution in [3.63, 3.8) is 0 Å². The summed E-state index contributed by atoms with van der Waals surface area (Å²) in [5.41, 5.74) is 7.29. The van der Waals surface area contributed by atoms with Crippen molar-refractivity contribution in [1.82, 2.24) is 10.2 Å². The number of hydrogen-bond donors (Lipinski definition) is 3. The van der Waals surface area contributed by atoms with Gasteiger partial charge in [0, 0.05) is 10.3 Å². The molecule has 2 saturated heterocycles. The number of ether oxygens (including phenoxy) is 2. The Hall–Kier alpha value is -3.57. The Morgan fingerprint density at radius 3 is 2.57 bits per heavy atom. The summed E-state index contributed by atoms with van der Waals surface area (Å²) in [6, 6.07) is 9.72. The van der Waals surface area contributed by atoms with E-state index in [0.717, 1.165) is 0 Å². The lowest BCUT2D eigenvalue weighted by Gasteiger charge is -2.44. The van der Waals surface area contributed by atoms with E-state index in [1.54, 1.807) is 24.3 Å². The molecule has 3 unspecified atom stereocenters. The molecule has 0 aromatic heterocycles. The molecule has 10 nitrogen and oxygen atoms in total. The number of amides is 2. The lowest BCUT2D eigenvalue weighted by atomic mass is 9.95. The SMILES string of the molecule is CC1(C)S[C@@H]2C(NC(=O)C(N)c3ccc(O)cc3)C(=O)N2[C@H]1C(=O)OC1OC(=O)c2ccccc21. The molecule has 35 heavy (non-hydrogen) atoms. The van der Waals surface area contributed by atoms with Gasteiger partial charge >= 0.3 is 11.9 Å². The summed E-state index contributed by atoms with van der Waals surface area (Å²) >= 11 is 1.37. The number of fused-ring (bicyclic) bond motifs is 2. The van der Waals surface area contributed by atoms with Crippen molar-refractivity contribution in [2.45, 2.75) is 48.4 Å². The Labute approximate surface area is 204 Å². The number of carbonyl (C=O) groups is 4. The van der Waals surface area contributed by atoms with E-state index in [0.29, 0.717) is 16.7 Å². The Morgan fingerprint density at radius 1 is 1.17 bits per heavy atom. The van der Waals surface area contributed by atoms with Crippen molar-refractivity contribution in [3.8, 4) is 5.75 Å². The summed E-state index contributed by atoms with van der Waals surface area (Å²) < 4.78 is 10.0.